The summed E-state index contributed by atoms with van der Waals surface area (Å²) >= 11 is 1.78. The molecule has 92 valence electrons. The van der Waals surface area contributed by atoms with E-state index in [2.05, 4.69) is 40.0 Å². The summed E-state index contributed by atoms with van der Waals surface area (Å²) in [6.07, 6.45) is 2.09. The molecule has 1 rings (SSSR count). The van der Waals surface area contributed by atoms with Crippen LogP contribution in [-0.4, -0.2) is 11.5 Å². The molecule has 0 radical (unpaired) electrons. The van der Waals surface area contributed by atoms with Gasteiger partial charge < -0.3 is 5.73 Å². The van der Waals surface area contributed by atoms with E-state index in [0.29, 0.717) is 0 Å². The van der Waals surface area contributed by atoms with Crippen LogP contribution in [0.4, 0.5) is 0 Å². The Labute approximate surface area is 103 Å². The fourth-order valence-electron chi connectivity index (χ4n) is 1.63. The van der Waals surface area contributed by atoms with E-state index >= 15 is 0 Å². The molecule has 16 heavy (non-hydrogen) atoms. The van der Waals surface area contributed by atoms with Crippen LogP contribution in [0.5, 0.6) is 0 Å². The third kappa shape index (κ3) is 3.87. The number of hydrogen-bond acceptors (Lipinski definition) is 3. The first-order chi connectivity index (χ1) is 7.24. The number of thiazole rings is 1. The van der Waals surface area contributed by atoms with E-state index in [1.165, 1.54) is 10.7 Å². The summed E-state index contributed by atoms with van der Waals surface area (Å²) in [5.74, 6) is 0. The molecule has 3 heteroatoms. The van der Waals surface area contributed by atoms with Crippen molar-refractivity contribution in [1.29, 1.82) is 0 Å². The second kappa shape index (κ2) is 4.84. The molecule has 1 heterocycles. The lowest BCUT2D eigenvalue weighted by atomic mass is 9.86. The maximum absolute atomic E-state index is 5.63. The monoisotopic (exact) mass is 240 g/mol. The standard InChI is InChI=1S/C13H24N2S/c1-12(2,3)10-9-16-11(15-10)8-13(4,5)6-7-14/h9H,6-8,14H2,1-5H3. The maximum atomic E-state index is 5.63. The highest BCUT2D eigenvalue weighted by atomic mass is 32.1. The molecule has 2 N–H and O–H groups in total. The Morgan fingerprint density at radius 1 is 1.25 bits per heavy atom. The number of aromatic nitrogens is 1. The Morgan fingerprint density at radius 3 is 2.31 bits per heavy atom. The van der Waals surface area contributed by atoms with E-state index in [-0.39, 0.29) is 10.8 Å². The molecule has 0 fully saturated rings. The van der Waals surface area contributed by atoms with Gasteiger partial charge in [0, 0.05) is 17.2 Å². The zero-order valence-corrected chi connectivity index (χ0v) is 11.9. The molecule has 0 aliphatic heterocycles. The molecule has 2 nitrogen and oxygen atoms in total. The first-order valence-electron chi connectivity index (χ1n) is 5.89. The summed E-state index contributed by atoms with van der Waals surface area (Å²) in [5.41, 5.74) is 7.26. The maximum Gasteiger partial charge on any atom is 0.0933 e. The molecule has 0 amide bonds. The smallest absolute Gasteiger partial charge is 0.0933 e. The van der Waals surface area contributed by atoms with Gasteiger partial charge in [-0.1, -0.05) is 34.6 Å². The fraction of sp³-hybridized carbons (Fsp3) is 0.769. The second-order valence-corrected chi connectivity index (χ2v) is 7.20. The fourth-order valence-corrected chi connectivity index (χ4v) is 2.90. The molecular formula is C13H24N2S. The minimum atomic E-state index is 0.159. The van der Waals surface area contributed by atoms with Crippen molar-refractivity contribution in [3.05, 3.63) is 16.1 Å². The summed E-state index contributed by atoms with van der Waals surface area (Å²) in [5, 5.41) is 3.43. The van der Waals surface area contributed by atoms with Crippen molar-refractivity contribution in [2.24, 2.45) is 11.1 Å². The van der Waals surface area contributed by atoms with Gasteiger partial charge in [-0.2, -0.15) is 0 Å². The average molecular weight is 240 g/mol. The van der Waals surface area contributed by atoms with Crippen LogP contribution in [0.15, 0.2) is 5.38 Å². The normalized spacial score (nSPS) is 13.1. The predicted octanol–water partition coefficient (Wildman–Crippen LogP) is 3.36. The molecule has 0 saturated heterocycles. The molecule has 0 atom stereocenters. The first kappa shape index (κ1) is 13.7. The van der Waals surface area contributed by atoms with Crippen LogP contribution < -0.4 is 5.73 Å². The van der Waals surface area contributed by atoms with Gasteiger partial charge in [0.25, 0.3) is 0 Å². The van der Waals surface area contributed by atoms with Crippen LogP contribution in [0.1, 0.15) is 51.7 Å². The summed E-state index contributed by atoms with van der Waals surface area (Å²) in [4.78, 5) is 4.73. The van der Waals surface area contributed by atoms with Gasteiger partial charge in [0.1, 0.15) is 0 Å². The quantitative estimate of drug-likeness (QED) is 0.876. The van der Waals surface area contributed by atoms with Crippen molar-refractivity contribution < 1.29 is 0 Å². The lowest BCUT2D eigenvalue weighted by molar-refractivity contribution is 0.337. The van der Waals surface area contributed by atoms with Crippen LogP contribution in [0.2, 0.25) is 0 Å². The highest BCUT2D eigenvalue weighted by Crippen LogP contribution is 2.29. The van der Waals surface area contributed by atoms with Gasteiger partial charge in [-0.3, -0.25) is 0 Å². The van der Waals surface area contributed by atoms with E-state index in [1.54, 1.807) is 11.3 Å². The molecule has 1 aromatic rings. The van der Waals surface area contributed by atoms with Crippen LogP contribution in [0.25, 0.3) is 0 Å². The summed E-state index contributed by atoms with van der Waals surface area (Å²) in [6.45, 7) is 11.9. The highest BCUT2D eigenvalue weighted by Gasteiger charge is 2.22. The van der Waals surface area contributed by atoms with Gasteiger partial charge in [0.05, 0.1) is 10.7 Å². The van der Waals surface area contributed by atoms with Gasteiger partial charge in [-0.15, -0.1) is 11.3 Å². The lowest BCUT2D eigenvalue weighted by Crippen LogP contribution is -2.20. The van der Waals surface area contributed by atoms with Crippen molar-refractivity contribution in [1.82, 2.24) is 4.98 Å². The van der Waals surface area contributed by atoms with Gasteiger partial charge in [-0.05, 0) is 18.4 Å². The summed E-state index contributed by atoms with van der Waals surface area (Å²) in [6, 6.07) is 0. The third-order valence-corrected chi connectivity index (χ3v) is 3.62. The Kier molecular flexibility index (Phi) is 4.13. The zero-order chi connectivity index (χ0) is 12.4. The molecule has 0 unspecified atom stereocenters. The second-order valence-electron chi connectivity index (χ2n) is 6.26. The van der Waals surface area contributed by atoms with Crippen LogP contribution >= 0.6 is 11.3 Å². The van der Waals surface area contributed by atoms with Gasteiger partial charge in [0.2, 0.25) is 0 Å². The predicted molar refractivity (Wildman–Crippen MR) is 72.0 cm³/mol. The van der Waals surface area contributed by atoms with Crippen molar-refractivity contribution in [2.75, 3.05) is 6.54 Å². The summed E-state index contributed by atoms with van der Waals surface area (Å²) < 4.78 is 0. The number of nitrogens with zero attached hydrogens (tertiary/aromatic N) is 1. The van der Waals surface area contributed by atoms with Crippen molar-refractivity contribution in [3.63, 3.8) is 0 Å². The number of hydrogen-bond donors (Lipinski definition) is 1. The van der Waals surface area contributed by atoms with Crippen molar-refractivity contribution in [2.45, 2.75) is 52.9 Å². The highest BCUT2D eigenvalue weighted by molar-refractivity contribution is 7.09. The van der Waals surface area contributed by atoms with E-state index < -0.39 is 0 Å². The largest absolute Gasteiger partial charge is 0.330 e. The zero-order valence-electron chi connectivity index (χ0n) is 11.1. The molecule has 0 aromatic carbocycles. The minimum absolute atomic E-state index is 0.159. The molecule has 0 aliphatic rings. The van der Waals surface area contributed by atoms with Crippen molar-refractivity contribution in [3.8, 4) is 0 Å². The van der Waals surface area contributed by atoms with E-state index in [0.717, 1.165) is 19.4 Å². The molecule has 0 aliphatic carbocycles. The molecule has 1 aromatic heterocycles. The average Bonchev–Trinajstić information content (AvgIpc) is 2.50. The van der Waals surface area contributed by atoms with Gasteiger partial charge in [-0.25, -0.2) is 4.98 Å². The van der Waals surface area contributed by atoms with E-state index in [9.17, 15) is 0 Å². The van der Waals surface area contributed by atoms with Gasteiger partial charge in [0.15, 0.2) is 0 Å². The van der Waals surface area contributed by atoms with Crippen LogP contribution in [0.3, 0.4) is 0 Å². The number of nitrogens with two attached hydrogens (primary N) is 1. The van der Waals surface area contributed by atoms with E-state index in [4.69, 9.17) is 10.7 Å². The van der Waals surface area contributed by atoms with Crippen molar-refractivity contribution >= 4 is 11.3 Å². The molecule has 0 spiro atoms. The van der Waals surface area contributed by atoms with E-state index in [1.807, 2.05) is 0 Å². The SMILES string of the molecule is CC(C)(CCN)Cc1nc(C(C)(C)C)cs1. The Hall–Kier alpha value is -0.410. The molecule has 0 bridgehead atoms. The Morgan fingerprint density at radius 2 is 1.88 bits per heavy atom. The summed E-state index contributed by atoms with van der Waals surface area (Å²) in [7, 11) is 0. The van der Waals surface area contributed by atoms with Crippen LogP contribution in [-0.2, 0) is 11.8 Å². The first-order valence-corrected chi connectivity index (χ1v) is 6.77. The van der Waals surface area contributed by atoms with Crippen LogP contribution in [0, 0.1) is 5.41 Å². The molecular weight excluding hydrogens is 216 g/mol. The topological polar surface area (TPSA) is 38.9 Å². The van der Waals surface area contributed by atoms with Gasteiger partial charge >= 0.3 is 0 Å². The lowest BCUT2D eigenvalue weighted by Gasteiger charge is -2.22. The number of rotatable bonds is 4. The minimum Gasteiger partial charge on any atom is -0.330 e. The Balaban J connectivity index is 2.73. The molecule has 0 saturated carbocycles. The third-order valence-electron chi connectivity index (χ3n) is 2.77. The Bertz CT molecular complexity index is 334.